The third-order valence-corrected chi connectivity index (χ3v) is 0.599. The standard InChI is InChI=1S/C5H6N2O3/c6-2-1-5(9)10-3-4(7)8/h1,3H2,(H2,7,8). The number of nitrogens with two attached hydrogens (primary N) is 1. The monoisotopic (exact) mass is 142 g/mol. The summed E-state index contributed by atoms with van der Waals surface area (Å²) in [6, 6.07) is 1.56. The van der Waals surface area contributed by atoms with Crippen LogP contribution in [0.25, 0.3) is 0 Å². The Morgan fingerprint density at radius 2 is 2.20 bits per heavy atom. The second kappa shape index (κ2) is 4.32. The Balaban J connectivity index is 3.42. The molecule has 0 aliphatic rings. The summed E-state index contributed by atoms with van der Waals surface area (Å²) in [7, 11) is 0. The first kappa shape index (κ1) is 8.43. The van der Waals surface area contributed by atoms with Gasteiger partial charge in [0.2, 0.25) is 0 Å². The van der Waals surface area contributed by atoms with Gasteiger partial charge in [0.05, 0.1) is 6.07 Å². The third kappa shape index (κ3) is 4.59. The summed E-state index contributed by atoms with van der Waals surface area (Å²) < 4.78 is 4.21. The van der Waals surface area contributed by atoms with Gasteiger partial charge in [-0.05, 0) is 0 Å². The van der Waals surface area contributed by atoms with E-state index in [1.165, 1.54) is 0 Å². The predicted octanol–water partition coefficient (Wildman–Crippen LogP) is -1.07. The van der Waals surface area contributed by atoms with Gasteiger partial charge in [-0.1, -0.05) is 0 Å². The van der Waals surface area contributed by atoms with Gasteiger partial charge in [0.25, 0.3) is 5.91 Å². The van der Waals surface area contributed by atoms with Crippen molar-refractivity contribution < 1.29 is 14.3 Å². The lowest BCUT2D eigenvalue weighted by Crippen LogP contribution is -2.20. The zero-order chi connectivity index (χ0) is 7.98. The molecule has 0 atom stereocenters. The average molecular weight is 142 g/mol. The minimum Gasteiger partial charge on any atom is -0.455 e. The van der Waals surface area contributed by atoms with Gasteiger partial charge >= 0.3 is 5.97 Å². The average Bonchev–Trinajstić information content (AvgIpc) is 1.85. The molecular weight excluding hydrogens is 136 g/mol. The van der Waals surface area contributed by atoms with Gasteiger partial charge in [-0.2, -0.15) is 5.26 Å². The van der Waals surface area contributed by atoms with Crippen molar-refractivity contribution in [3.63, 3.8) is 0 Å². The molecule has 1 amide bonds. The maximum Gasteiger partial charge on any atom is 0.320 e. The van der Waals surface area contributed by atoms with E-state index in [0.717, 1.165) is 0 Å². The lowest BCUT2D eigenvalue weighted by Gasteiger charge is -1.95. The summed E-state index contributed by atoms with van der Waals surface area (Å²) in [5.41, 5.74) is 4.64. The van der Waals surface area contributed by atoms with Gasteiger partial charge in [0.15, 0.2) is 6.61 Å². The molecule has 0 aliphatic heterocycles. The second-order valence-corrected chi connectivity index (χ2v) is 1.46. The first-order valence-electron chi connectivity index (χ1n) is 2.47. The topological polar surface area (TPSA) is 93.2 Å². The number of nitrogens with zero attached hydrogens (tertiary/aromatic N) is 1. The van der Waals surface area contributed by atoms with Crippen molar-refractivity contribution in [2.75, 3.05) is 6.61 Å². The largest absolute Gasteiger partial charge is 0.455 e. The van der Waals surface area contributed by atoms with E-state index in [4.69, 9.17) is 5.26 Å². The fraction of sp³-hybridized carbons (Fsp3) is 0.400. The molecule has 5 heteroatoms. The smallest absolute Gasteiger partial charge is 0.320 e. The number of amides is 1. The minimum atomic E-state index is -0.735. The summed E-state index contributed by atoms with van der Waals surface area (Å²) >= 11 is 0. The molecule has 0 saturated carbocycles. The van der Waals surface area contributed by atoms with Crippen LogP contribution in [0.5, 0.6) is 0 Å². The van der Waals surface area contributed by atoms with Crippen molar-refractivity contribution in [3.8, 4) is 6.07 Å². The first-order chi connectivity index (χ1) is 4.66. The SMILES string of the molecule is N#CCC(=O)OCC(N)=O. The molecule has 2 N–H and O–H groups in total. The highest BCUT2D eigenvalue weighted by Gasteiger charge is 2.02. The molecule has 54 valence electrons. The van der Waals surface area contributed by atoms with E-state index in [9.17, 15) is 9.59 Å². The summed E-state index contributed by atoms with van der Waals surface area (Å²) in [6.45, 7) is -0.458. The number of hydrogen-bond donors (Lipinski definition) is 1. The Kier molecular flexibility index (Phi) is 3.64. The van der Waals surface area contributed by atoms with Crippen molar-refractivity contribution >= 4 is 11.9 Å². The highest BCUT2D eigenvalue weighted by atomic mass is 16.5. The summed E-state index contributed by atoms with van der Waals surface area (Å²) in [4.78, 5) is 20.3. The number of esters is 1. The molecule has 0 aromatic carbocycles. The molecule has 0 spiro atoms. The number of carbonyl (C=O) groups excluding carboxylic acids is 2. The molecule has 0 aromatic rings. The van der Waals surface area contributed by atoms with E-state index in [2.05, 4.69) is 10.5 Å². The van der Waals surface area contributed by atoms with Gasteiger partial charge in [-0.15, -0.1) is 0 Å². The Morgan fingerprint density at radius 3 is 2.60 bits per heavy atom. The highest BCUT2D eigenvalue weighted by Crippen LogP contribution is 1.82. The van der Waals surface area contributed by atoms with Crippen molar-refractivity contribution in [3.05, 3.63) is 0 Å². The molecule has 5 nitrogen and oxygen atoms in total. The zero-order valence-electron chi connectivity index (χ0n) is 5.16. The van der Waals surface area contributed by atoms with E-state index >= 15 is 0 Å². The Labute approximate surface area is 57.4 Å². The van der Waals surface area contributed by atoms with E-state index in [1.54, 1.807) is 6.07 Å². The maximum atomic E-state index is 10.3. The molecule has 0 aliphatic carbocycles. The lowest BCUT2D eigenvalue weighted by atomic mass is 10.5. The van der Waals surface area contributed by atoms with E-state index in [0.29, 0.717) is 0 Å². The van der Waals surface area contributed by atoms with Crippen molar-refractivity contribution in [2.45, 2.75) is 6.42 Å². The van der Waals surface area contributed by atoms with E-state index < -0.39 is 18.5 Å². The zero-order valence-corrected chi connectivity index (χ0v) is 5.16. The molecular formula is C5H6N2O3. The van der Waals surface area contributed by atoms with Crippen molar-refractivity contribution in [1.82, 2.24) is 0 Å². The Bertz CT molecular complexity index is 182. The highest BCUT2D eigenvalue weighted by molar-refractivity contribution is 5.79. The van der Waals surface area contributed by atoms with E-state index in [-0.39, 0.29) is 6.42 Å². The van der Waals surface area contributed by atoms with Crippen LogP contribution in [0.2, 0.25) is 0 Å². The van der Waals surface area contributed by atoms with Gasteiger partial charge in [0, 0.05) is 0 Å². The number of carbonyl (C=O) groups is 2. The van der Waals surface area contributed by atoms with Gasteiger partial charge in [0.1, 0.15) is 6.42 Å². The van der Waals surface area contributed by atoms with Crippen LogP contribution in [0.1, 0.15) is 6.42 Å². The maximum absolute atomic E-state index is 10.3. The fourth-order valence-corrected chi connectivity index (χ4v) is 0.267. The molecule has 0 fully saturated rings. The molecule has 0 bridgehead atoms. The molecule has 0 radical (unpaired) electrons. The van der Waals surface area contributed by atoms with Crippen LogP contribution >= 0.6 is 0 Å². The van der Waals surface area contributed by atoms with Crippen LogP contribution in [-0.4, -0.2) is 18.5 Å². The summed E-state index contributed by atoms with van der Waals surface area (Å²) in [5, 5.41) is 7.93. The Morgan fingerprint density at radius 1 is 1.60 bits per heavy atom. The lowest BCUT2D eigenvalue weighted by molar-refractivity contribution is -0.146. The molecule has 0 unspecified atom stereocenters. The molecule has 0 saturated heterocycles. The number of hydrogen-bond acceptors (Lipinski definition) is 4. The van der Waals surface area contributed by atoms with Gasteiger partial charge < -0.3 is 10.5 Å². The summed E-state index contributed by atoms with van der Waals surface area (Å²) in [6.07, 6.45) is -0.354. The van der Waals surface area contributed by atoms with Crippen LogP contribution in [0.4, 0.5) is 0 Å². The number of ether oxygens (including phenoxy) is 1. The normalized spacial score (nSPS) is 7.90. The van der Waals surface area contributed by atoms with Crippen molar-refractivity contribution in [2.24, 2.45) is 5.73 Å². The van der Waals surface area contributed by atoms with Crippen LogP contribution in [-0.2, 0) is 14.3 Å². The van der Waals surface area contributed by atoms with Crippen LogP contribution in [0.15, 0.2) is 0 Å². The summed E-state index contributed by atoms with van der Waals surface area (Å²) in [5.74, 6) is -1.47. The minimum absolute atomic E-state index is 0.354. The predicted molar refractivity (Wildman–Crippen MR) is 30.4 cm³/mol. The number of nitriles is 1. The van der Waals surface area contributed by atoms with Gasteiger partial charge in [-0.3, -0.25) is 9.59 Å². The molecule has 0 rings (SSSR count). The first-order valence-corrected chi connectivity index (χ1v) is 2.47. The van der Waals surface area contributed by atoms with Gasteiger partial charge in [-0.25, -0.2) is 0 Å². The number of rotatable bonds is 3. The Hall–Kier alpha value is -1.57. The second-order valence-electron chi connectivity index (χ2n) is 1.46. The van der Waals surface area contributed by atoms with Crippen LogP contribution < -0.4 is 5.73 Å². The van der Waals surface area contributed by atoms with Crippen molar-refractivity contribution in [1.29, 1.82) is 5.26 Å². The molecule has 0 heterocycles. The number of primary amides is 1. The quantitative estimate of drug-likeness (QED) is 0.507. The molecule has 10 heavy (non-hydrogen) atoms. The molecule has 0 aromatic heterocycles. The third-order valence-electron chi connectivity index (χ3n) is 0.599. The van der Waals surface area contributed by atoms with Crippen LogP contribution in [0.3, 0.4) is 0 Å². The van der Waals surface area contributed by atoms with E-state index in [1.807, 2.05) is 0 Å². The van der Waals surface area contributed by atoms with Crippen LogP contribution in [0, 0.1) is 11.3 Å². The fourth-order valence-electron chi connectivity index (χ4n) is 0.267.